The fourth-order valence-electron chi connectivity index (χ4n) is 1.83. The van der Waals surface area contributed by atoms with Gasteiger partial charge in [-0.15, -0.1) is 11.3 Å². The molecule has 0 saturated heterocycles. The minimum atomic E-state index is -0.553. The first-order valence-corrected chi connectivity index (χ1v) is 7.10. The van der Waals surface area contributed by atoms with Gasteiger partial charge in [-0.1, -0.05) is 6.07 Å². The molecule has 0 amide bonds. The van der Waals surface area contributed by atoms with Gasteiger partial charge in [-0.2, -0.15) is 0 Å². The number of ether oxygens (including phenoxy) is 2. The molecule has 1 atom stereocenters. The average molecular weight is 278 g/mol. The standard InChI is InChI=1S/C15H18O3S/c1-11(16)14-6-5-12(17-2)10-15(14)18-8-7-13-4-3-9-19-13/h3-6,9-11,16H,7-8H2,1-2H3. The molecular formula is C15H18O3S. The van der Waals surface area contributed by atoms with E-state index in [0.29, 0.717) is 12.4 Å². The second-order valence-electron chi connectivity index (χ2n) is 4.26. The fraction of sp³-hybridized carbons (Fsp3) is 0.333. The van der Waals surface area contributed by atoms with E-state index in [4.69, 9.17) is 9.47 Å². The molecule has 0 spiro atoms. The number of rotatable bonds is 6. The van der Waals surface area contributed by atoms with Crippen LogP contribution in [0.1, 0.15) is 23.5 Å². The summed E-state index contributed by atoms with van der Waals surface area (Å²) in [6, 6.07) is 9.61. The van der Waals surface area contributed by atoms with Gasteiger partial charge in [0.1, 0.15) is 11.5 Å². The summed E-state index contributed by atoms with van der Waals surface area (Å²) in [5, 5.41) is 11.8. The highest BCUT2D eigenvalue weighted by molar-refractivity contribution is 7.09. The van der Waals surface area contributed by atoms with Crippen LogP contribution in [0.25, 0.3) is 0 Å². The lowest BCUT2D eigenvalue weighted by atomic mass is 10.1. The van der Waals surface area contributed by atoms with Crippen LogP contribution in [0, 0.1) is 0 Å². The predicted octanol–water partition coefficient (Wildman–Crippen LogP) is 3.43. The Kier molecular flexibility index (Phi) is 4.82. The normalized spacial score (nSPS) is 12.2. The van der Waals surface area contributed by atoms with Crippen LogP contribution in [0.4, 0.5) is 0 Å². The van der Waals surface area contributed by atoms with Crippen molar-refractivity contribution in [3.8, 4) is 11.5 Å². The first-order chi connectivity index (χ1) is 9.20. The minimum Gasteiger partial charge on any atom is -0.497 e. The van der Waals surface area contributed by atoms with E-state index >= 15 is 0 Å². The molecule has 0 aliphatic heterocycles. The lowest BCUT2D eigenvalue weighted by Crippen LogP contribution is -2.04. The van der Waals surface area contributed by atoms with Crippen LogP contribution < -0.4 is 9.47 Å². The molecule has 1 unspecified atom stereocenters. The molecule has 1 aromatic heterocycles. The van der Waals surface area contributed by atoms with Gasteiger partial charge in [0, 0.05) is 22.9 Å². The molecule has 0 aliphatic rings. The van der Waals surface area contributed by atoms with E-state index in [1.807, 2.05) is 24.3 Å². The van der Waals surface area contributed by atoms with Crippen LogP contribution in [0.5, 0.6) is 11.5 Å². The number of aliphatic hydroxyl groups is 1. The van der Waals surface area contributed by atoms with E-state index in [9.17, 15) is 5.11 Å². The van der Waals surface area contributed by atoms with Crippen LogP contribution in [0.15, 0.2) is 35.7 Å². The molecule has 0 bridgehead atoms. The second-order valence-corrected chi connectivity index (χ2v) is 5.29. The Balaban J connectivity index is 2.04. The number of benzene rings is 1. The predicted molar refractivity (Wildman–Crippen MR) is 77.1 cm³/mol. The van der Waals surface area contributed by atoms with Crippen molar-refractivity contribution in [2.45, 2.75) is 19.4 Å². The van der Waals surface area contributed by atoms with Gasteiger partial charge in [-0.3, -0.25) is 0 Å². The van der Waals surface area contributed by atoms with E-state index in [1.54, 1.807) is 25.4 Å². The molecule has 0 saturated carbocycles. The quantitative estimate of drug-likeness (QED) is 0.879. The maximum absolute atomic E-state index is 9.73. The third kappa shape index (κ3) is 3.72. The fourth-order valence-corrected chi connectivity index (χ4v) is 2.52. The van der Waals surface area contributed by atoms with Crippen LogP contribution >= 0.6 is 11.3 Å². The first kappa shape index (κ1) is 13.9. The van der Waals surface area contributed by atoms with Crippen molar-refractivity contribution in [1.82, 2.24) is 0 Å². The van der Waals surface area contributed by atoms with Crippen molar-refractivity contribution in [1.29, 1.82) is 0 Å². The maximum atomic E-state index is 9.73. The Hall–Kier alpha value is -1.52. The minimum absolute atomic E-state index is 0.553. The molecule has 19 heavy (non-hydrogen) atoms. The van der Waals surface area contributed by atoms with Crippen molar-refractivity contribution >= 4 is 11.3 Å². The summed E-state index contributed by atoms with van der Waals surface area (Å²) in [6.07, 6.45) is 0.316. The topological polar surface area (TPSA) is 38.7 Å². The Morgan fingerprint density at radius 3 is 2.79 bits per heavy atom. The summed E-state index contributed by atoms with van der Waals surface area (Å²) in [6.45, 7) is 2.32. The number of hydrogen-bond donors (Lipinski definition) is 1. The molecule has 2 rings (SSSR count). The highest BCUT2D eigenvalue weighted by atomic mass is 32.1. The van der Waals surface area contributed by atoms with Gasteiger partial charge >= 0.3 is 0 Å². The van der Waals surface area contributed by atoms with Gasteiger partial charge < -0.3 is 14.6 Å². The summed E-state index contributed by atoms with van der Waals surface area (Å²) < 4.78 is 11.0. The maximum Gasteiger partial charge on any atom is 0.128 e. The van der Waals surface area contributed by atoms with E-state index in [-0.39, 0.29) is 0 Å². The number of methoxy groups -OCH3 is 1. The Bertz CT molecular complexity index is 506. The second kappa shape index (κ2) is 6.59. The van der Waals surface area contributed by atoms with Crippen molar-refractivity contribution < 1.29 is 14.6 Å². The van der Waals surface area contributed by atoms with E-state index in [0.717, 1.165) is 17.7 Å². The molecular weight excluding hydrogens is 260 g/mol. The largest absolute Gasteiger partial charge is 0.497 e. The zero-order chi connectivity index (χ0) is 13.7. The lowest BCUT2D eigenvalue weighted by Gasteiger charge is -2.14. The van der Waals surface area contributed by atoms with E-state index < -0.39 is 6.10 Å². The zero-order valence-corrected chi connectivity index (χ0v) is 11.9. The van der Waals surface area contributed by atoms with Gasteiger partial charge in [0.25, 0.3) is 0 Å². The molecule has 2 aromatic rings. The molecule has 1 aromatic carbocycles. The molecule has 0 aliphatic carbocycles. The summed E-state index contributed by atoms with van der Waals surface area (Å²) in [5.41, 5.74) is 0.784. The van der Waals surface area contributed by atoms with Crippen LogP contribution in [-0.4, -0.2) is 18.8 Å². The number of thiophene rings is 1. The van der Waals surface area contributed by atoms with E-state index in [1.165, 1.54) is 4.88 Å². The molecule has 3 nitrogen and oxygen atoms in total. The van der Waals surface area contributed by atoms with Crippen molar-refractivity contribution in [2.24, 2.45) is 0 Å². The van der Waals surface area contributed by atoms with Gasteiger partial charge in [-0.25, -0.2) is 0 Å². The Morgan fingerprint density at radius 2 is 2.16 bits per heavy atom. The van der Waals surface area contributed by atoms with E-state index in [2.05, 4.69) is 11.4 Å². The molecule has 0 radical (unpaired) electrons. The average Bonchev–Trinajstić information content (AvgIpc) is 2.91. The zero-order valence-electron chi connectivity index (χ0n) is 11.1. The smallest absolute Gasteiger partial charge is 0.128 e. The van der Waals surface area contributed by atoms with Crippen LogP contribution in [0.2, 0.25) is 0 Å². The van der Waals surface area contributed by atoms with Crippen molar-refractivity contribution in [3.05, 3.63) is 46.2 Å². The Morgan fingerprint density at radius 1 is 1.32 bits per heavy atom. The SMILES string of the molecule is COc1ccc(C(C)O)c(OCCc2cccs2)c1. The third-order valence-corrected chi connectivity index (χ3v) is 3.79. The summed E-state index contributed by atoms with van der Waals surface area (Å²) in [4.78, 5) is 1.29. The summed E-state index contributed by atoms with van der Waals surface area (Å²) >= 11 is 1.72. The van der Waals surface area contributed by atoms with Crippen molar-refractivity contribution in [2.75, 3.05) is 13.7 Å². The van der Waals surface area contributed by atoms with Crippen LogP contribution in [-0.2, 0) is 6.42 Å². The van der Waals surface area contributed by atoms with Gasteiger partial charge in [0.15, 0.2) is 0 Å². The molecule has 1 N–H and O–H groups in total. The highest BCUT2D eigenvalue weighted by Gasteiger charge is 2.10. The Labute approximate surface area is 117 Å². The third-order valence-electron chi connectivity index (χ3n) is 2.86. The van der Waals surface area contributed by atoms with Crippen molar-refractivity contribution in [3.63, 3.8) is 0 Å². The first-order valence-electron chi connectivity index (χ1n) is 6.22. The monoisotopic (exact) mass is 278 g/mol. The lowest BCUT2D eigenvalue weighted by molar-refractivity contribution is 0.191. The molecule has 4 heteroatoms. The number of hydrogen-bond acceptors (Lipinski definition) is 4. The van der Waals surface area contributed by atoms with Gasteiger partial charge in [0.2, 0.25) is 0 Å². The molecule has 1 heterocycles. The van der Waals surface area contributed by atoms with Crippen LogP contribution in [0.3, 0.4) is 0 Å². The number of aliphatic hydroxyl groups excluding tert-OH is 1. The molecule has 0 fully saturated rings. The molecule has 102 valence electrons. The summed E-state index contributed by atoms with van der Waals surface area (Å²) in [5.74, 6) is 1.42. The highest BCUT2D eigenvalue weighted by Crippen LogP contribution is 2.29. The van der Waals surface area contributed by atoms with Gasteiger partial charge in [0.05, 0.1) is 19.8 Å². The van der Waals surface area contributed by atoms with Gasteiger partial charge in [-0.05, 0) is 30.5 Å². The summed E-state index contributed by atoms with van der Waals surface area (Å²) in [7, 11) is 1.62.